The van der Waals surface area contributed by atoms with Gasteiger partial charge in [0.2, 0.25) is 0 Å². The van der Waals surface area contributed by atoms with Gasteiger partial charge in [-0.25, -0.2) is 0 Å². The van der Waals surface area contributed by atoms with Crippen LogP contribution in [-0.2, 0) is 6.42 Å². The van der Waals surface area contributed by atoms with Crippen LogP contribution in [0.2, 0.25) is 5.02 Å². The maximum Gasteiger partial charge on any atom is 0.0542 e. The van der Waals surface area contributed by atoms with Gasteiger partial charge in [-0.15, -0.1) is 0 Å². The highest BCUT2D eigenvalue weighted by atomic mass is 127. The molecule has 1 unspecified atom stereocenters. The summed E-state index contributed by atoms with van der Waals surface area (Å²) in [4.78, 5) is 4.49. The Morgan fingerprint density at radius 3 is 2.70 bits per heavy atom. The number of aromatic nitrogens is 1. The minimum Gasteiger partial charge on any atom is -0.310 e. The van der Waals surface area contributed by atoms with Gasteiger partial charge in [0.1, 0.15) is 0 Å². The molecule has 0 radical (unpaired) electrons. The van der Waals surface area contributed by atoms with Crippen molar-refractivity contribution in [1.29, 1.82) is 0 Å². The van der Waals surface area contributed by atoms with E-state index in [1.165, 1.54) is 11.1 Å². The molecule has 2 nitrogen and oxygen atoms in total. The van der Waals surface area contributed by atoms with Gasteiger partial charge < -0.3 is 5.32 Å². The molecule has 0 saturated carbocycles. The summed E-state index contributed by atoms with van der Waals surface area (Å²) in [6, 6.07) is 10.7. The van der Waals surface area contributed by atoms with Crippen LogP contribution >= 0.6 is 34.2 Å². The van der Waals surface area contributed by atoms with E-state index in [0.29, 0.717) is 0 Å². The molecule has 0 aliphatic rings. The number of hydrogen-bond acceptors (Lipinski definition) is 2. The van der Waals surface area contributed by atoms with E-state index in [0.717, 1.165) is 27.3 Å². The molecule has 1 N–H and O–H groups in total. The van der Waals surface area contributed by atoms with E-state index in [4.69, 9.17) is 11.6 Å². The maximum atomic E-state index is 6.23. The largest absolute Gasteiger partial charge is 0.310 e. The predicted molar refractivity (Wildman–Crippen MR) is 93.3 cm³/mol. The molecule has 1 aromatic carbocycles. The normalized spacial score (nSPS) is 12.4. The van der Waals surface area contributed by atoms with Gasteiger partial charge in [-0.05, 0) is 65.4 Å². The average molecular weight is 401 g/mol. The fraction of sp³-hybridized carbons (Fsp3) is 0.312. The first-order valence-corrected chi connectivity index (χ1v) is 8.15. The first-order chi connectivity index (χ1) is 9.60. The zero-order chi connectivity index (χ0) is 14.5. The second-order valence-electron chi connectivity index (χ2n) is 4.81. The van der Waals surface area contributed by atoms with Crippen LogP contribution < -0.4 is 5.32 Å². The Balaban J connectivity index is 2.21. The monoisotopic (exact) mass is 400 g/mol. The predicted octanol–water partition coefficient (Wildman–Crippen LogP) is 4.54. The summed E-state index contributed by atoms with van der Waals surface area (Å²) in [5, 5.41) is 4.32. The molecule has 4 heteroatoms. The number of nitrogens with one attached hydrogen (secondary N) is 1. The number of benzene rings is 1. The van der Waals surface area contributed by atoms with Crippen molar-refractivity contribution in [3.63, 3.8) is 0 Å². The number of rotatable bonds is 5. The molecule has 0 fully saturated rings. The Morgan fingerprint density at radius 1 is 1.30 bits per heavy atom. The van der Waals surface area contributed by atoms with Crippen molar-refractivity contribution in [1.82, 2.24) is 10.3 Å². The number of aryl methyl sites for hydroxylation is 1. The molecular formula is C16H18ClIN2. The number of nitrogens with zero attached hydrogens (tertiary/aromatic N) is 1. The molecule has 2 rings (SSSR count). The lowest BCUT2D eigenvalue weighted by Gasteiger charge is -2.18. The summed E-state index contributed by atoms with van der Waals surface area (Å²) in [6.07, 6.45) is 2.78. The van der Waals surface area contributed by atoms with Crippen LogP contribution in [0.25, 0.3) is 0 Å². The van der Waals surface area contributed by atoms with Crippen LogP contribution in [0.1, 0.15) is 29.8 Å². The molecule has 2 aromatic rings. The highest BCUT2D eigenvalue weighted by Crippen LogP contribution is 2.25. The van der Waals surface area contributed by atoms with E-state index in [-0.39, 0.29) is 6.04 Å². The molecule has 0 amide bonds. The van der Waals surface area contributed by atoms with Crippen molar-refractivity contribution in [3.8, 4) is 0 Å². The zero-order valence-electron chi connectivity index (χ0n) is 11.7. The Labute approximate surface area is 139 Å². The quantitative estimate of drug-likeness (QED) is 0.745. The first kappa shape index (κ1) is 15.7. The van der Waals surface area contributed by atoms with Crippen molar-refractivity contribution >= 4 is 34.2 Å². The summed E-state index contributed by atoms with van der Waals surface area (Å²) in [5.41, 5.74) is 3.49. The molecule has 0 spiro atoms. The smallest absolute Gasteiger partial charge is 0.0542 e. The molecule has 1 aromatic heterocycles. The topological polar surface area (TPSA) is 24.9 Å². The first-order valence-electron chi connectivity index (χ1n) is 6.70. The van der Waals surface area contributed by atoms with Crippen molar-refractivity contribution in [2.24, 2.45) is 0 Å². The van der Waals surface area contributed by atoms with Crippen LogP contribution in [0.5, 0.6) is 0 Å². The number of hydrogen-bond donors (Lipinski definition) is 1. The number of likely N-dealkylation sites (N-methyl/N-ethyl adjacent to an activating group) is 1. The lowest BCUT2D eigenvalue weighted by molar-refractivity contribution is 0.544. The lowest BCUT2D eigenvalue weighted by Crippen LogP contribution is -2.23. The fourth-order valence-corrected chi connectivity index (χ4v) is 2.64. The summed E-state index contributed by atoms with van der Waals surface area (Å²) in [6.45, 7) is 5.08. The van der Waals surface area contributed by atoms with E-state index in [1.807, 2.05) is 12.3 Å². The molecule has 1 heterocycles. The van der Waals surface area contributed by atoms with Crippen LogP contribution in [0.3, 0.4) is 0 Å². The van der Waals surface area contributed by atoms with E-state index in [2.05, 4.69) is 71.0 Å². The third-order valence-corrected chi connectivity index (χ3v) is 4.75. The highest BCUT2D eigenvalue weighted by Gasteiger charge is 2.13. The van der Waals surface area contributed by atoms with Gasteiger partial charge in [0.25, 0.3) is 0 Å². The van der Waals surface area contributed by atoms with Gasteiger partial charge in [0, 0.05) is 27.9 Å². The Hall–Kier alpha value is -0.650. The Morgan fingerprint density at radius 2 is 2.10 bits per heavy atom. The van der Waals surface area contributed by atoms with Crippen LogP contribution in [0, 0.1) is 10.5 Å². The summed E-state index contributed by atoms with van der Waals surface area (Å²) < 4.78 is 1.08. The van der Waals surface area contributed by atoms with E-state index >= 15 is 0 Å². The van der Waals surface area contributed by atoms with Crippen LogP contribution in [0.15, 0.2) is 36.5 Å². The van der Waals surface area contributed by atoms with E-state index in [1.54, 1.807) is 0 Å². The Kier molecular flexibility index (Phi) is 5.81. The van der Waals surface area contributed by atoms with Crippen LogP contribution in [0.4, 0.5) is 0 Å². The molecular weight excluding hydrogens is 383 g/mol. The second kappa shape index (κ2) is 7.38. The molecule has 0 bridgehead atoms. The third kappa shape index (κ3) is 4.17. The van der Waals surface area contributed by atoms with Crippen LogP contribution in [-0.4, -0.2) is 11.5 Å². The minimum atomic E-state index is 0.240. The van der Waals surface area contributed by atoms with Gasteiger partial charge in [-0.1, -0.05) is 30.7 Å². The summed E-state index contributed by atoms with van der Waals surface area (Å²) in [7, 11) is 0. The number of halogens is 2. The minimum absolute atomic E-state index is 0.240. The average Bonchev–Trinajstić information content (AvgIpc) is 2.44. The van der Waals surface area contributed by atoms with Gasteiger partial charge in [-0.2, -0.15) is 0 Å². The van der Waals surface area contributed by atoms with E-state index < -0.39 is 0 Å². The molecule has 0 aliphatic carbocycles. The van der Waals surface area contributed by atoms with Gasteiger partial charge in [0.15, 0.2) is 0 Å². The maximum absolute atomic E-state index is 6.23. The van der Waals surface area contributed by atoms with Gasteiger partial charge in [-0.3, -0.25) is 4.98 Å². The molecule has 20 heavy (non-hydrogen) atoms. The fourth-order valence-electron chi connectivity index (χ4n) is 2.11. The standard InChI is InChI=1S/C16H18ClIN2/c1-3-19-16(9-13-6-4-11(2)10-20-13)12-5-7-15(18)14(17)8-12/h4-8,10,16,19H,3,9H2,1-2H3. The highest BCUT2D eigenvalue weighted by molar-refractivity contribution is 14.1. The zero-order valence-corrected chi connectivity index (χ0v) is 14.6. The molecule has 1 atom stereocenters. The second-order valence-corrected chi connectivity index (χ2v) is 6.38. The molecule has 0 saturated heterocycles. The molecule has 0 aliphatic heterocycles. The van der Waals surface area contributed by atoms with Crippen molar-refractivity contribution in [2.45, 2.75) is 26.3 Å². The SMILES string of the molecule is CCNC(Cc1ccc(C)cn1)c1ccc(I)c(Cl)c1. The Bertz CT molecular complexity index is 569. The van der Waals surface area contributed by atoms with Crippen molar-refractivity contribution in [2.75, 3.05) is 6.54 Å². The lowest BCUT2D eigenvalue weighted by atomic mass is 10.0. The third-order valence-electron chi connectivity index (χ3n) is 3.18. The number of pyridine rings is 1. The van der Waals surface area contributed by atoms with E-state index in [9.17, 15) is 0 Å². The molecule has 106 valence electrons. The van der Waals surface area contributed by atoms with Crippen molar-refractivity contribution in [3.05, 3.63) is 61.9 Å². The van der Waals surface area contributed by atoms with Crippen molar-refractivity contribution < 1.29 is 0 Å². The summed E-state index contributed by atoms with van der Waals surface area (Å²) in [5.74, 6) is 0. The van der Waals surface area contributed by atoms with Gasteiger partial charge >= 0.3 is 0 Å². The van der Waals surface area contributed by atoms with Gasteiger partial charge in [0.05, 0.1) is 5.02 Å². The summed E-state index contributed by atoms with van der Waals surface area (Å²) >= 11 is 8.48.